The first-order valence-corrected chi connectivity index (χ1v) is 7.34. The first kappa shape index (κ1) is 16.6. The van der Waals surface area contributed by atoms with Gasteiger partial charge in [-0.15, -0.1) is 0 Å². The van der Waals surface area contributed by atoms with Crippen LogP contribution >= 0.6 is 0 Å². The minimum Gasteiger partial charge on any atom is -0.494 e. The zero-order valence-electron chi connectivity index (χ0n) is 12.8. The molecule has 0 saturated carbocycles. The third-order valence-corrected chi connectivity index (χ3v) is 3.32. The Balaban J connectivity index is 1.71. The lowest BCUT2D eigenvalue weighted by molar-refractivity contribution is -0.125. The Morgan fingerprint density at radius 1 is 1.22 bits per heavy atom. The van der Waals surface area contributed by atoms with E-state index in [0.29, 0.717) is 18.8 Å². The Hall–Kier alpha value is -2.76. The number of benzene rings is 1. The van der Waals surface area contributed by atoms with Crippen LogP contribution < -0.4 is 10.1 Å². The number of furan rings is 1. The summed E-state index contributed by atoms with van der Waals surface area (Å²) in [4.78, 5) is 22.7. The molecule has 1 unspecified atom stereocenters. The summed E-state index contributed by atoms with van der Waals surface area (Å²) in [5.41, 5.74) is 0. The lowest BCUT2D eigenvalue weighted by Gasteiger charge is -2.12. The highest BCUT2D eigenvalue weighted by atomic mass is 16.5. The Morgan fingerprint density at radius 3 is 2.61 bits per heavy atom. The Kier molecular flexibility index (Phi) is 5.80. The zero-order valence-corrected chi connectivity index (χ0v) is 12.8. The van der Waals surface area contributed by atoms with Gasteiger partial charge in [0.2, 0.25) is 11.7 Å². The van der Waals surface area contributed by atoms with Gasteiger partial charge in [-0.3, -0.25) is 4.79 Å². The molecule has 0 aliphatic heterocycles. The van der Waals surface area contributed by atoms with Crippen LogP contribution in [0.25, 0.3) is 0 Å². The Labute approximate surface area is 134 Å². The van der Waals surface area contributed by atoms with Gasteiger partial charge in [0, 0.05) is 5.92 Å². The second-order valence-corrected chi connectivity index (χ2v) is 5.14. The highest BCUT2D eigenvalue weighted by Gasteiger charge is 2.14. The molecule has 2 rings (SSSR count). The van der Waals surface area contributed by atoms with Gasteiger partial charge in [-0.1, -0.05) is 25.1 Å². The topological polar surface area (TPSA) is 88.8 Å². The van der Waals surface area contributed by atoms with E-state index in [-0.39, 0.29) is 24.1 Å². The molecule has 0 radical (unpaired) electrons. The van der Waals surface area contributed by atoms with Gasteiger partial charge in [0.05, 0.1) is 13.2 Å². The number of carbonyl (C=O) groups is 2. The van der Waals surface area contributed by atoms with E-state index in [2.05, 4.69) is 5.32 Å². The van der Waals surface area contributed by atoms with E-state index in [9.17, 15) is 9.59 Å². The van der Waals surface area contributed by atoms with E-state index in [1.165, 1.54) is 12.1 Å². The number of nitrogens with one attached hydrogen (secondary N) is 1. The van der Waals surface area contributed by atoms with Crippen LogP contribution in [-0.2, 0) is 11.3 Å². The quantitative estimate of drug-likeness (QED) is 0.781. The minimum absolute atomic E-state index is 0.130. The van der Waals surface area contributed by atoms with Gasteiger partial charge in [0.1, 0.15) is 11.5 Å². The summed E-state index contributed by atoms with van der Waals surface area (Å²) in [6, 6.07) is 12.3. The van der Waals surface area contributed by atoms with Crippen molar-refractivity contribution in [1.82, 2.24) is 5.32 Å². The molecule has 0 aliphatic rings. The highest BCUT2D eigenvalue weighted by Crippen LogP contribution is 2.11. The maximum absolute atomic E-state index is 12.0. The lowest BCUT2D eigenvalue weighted by Crippen LogP contribution is -2.29. The molecule has 0 aliphatic carbocycles. The fourth-order valence-corrected chi connectivity index (χ4v) is 1.94. The fraction of sp³-hybridized carbons (Fsp3) is 0.294. The van der Waals surface area contributed by atoms with Crippen molar-refractivity contribution in [3.8, 4) is 5.75 Å². The van der Waals surface area contributed by atoms with E-state index >= 15 is 0 Å². The first-order valence-electron chi connectivity index (χ1n) is 7.34. The standard InChI is InChI=1S/C17H19NO5/c1-12(9-10-22-13-5-3-2-4-6-13)16(19)18-11-14-7-8-15(23-14)17(20)21/h2-8,12H,9-11H2,1H3,(H,18,19)(H,20,21). The molecule has 6 nitrogen and oxygen atoms in total. The Morgan fingerprint density at radius 2 is 1.96 bits per heavy atom. The van der Waals surface area contributed by atoms with Crippen LogP contribution in [0.4, 0.5) is 0 Å². The summed E-state index contributed by atoms with van der Waals surface area (Å²) in [6.45, 7) is 2.42. The molecule has 1 aromatic heterocycles. The molecule has 23 heavy (non-hydrogen) atoms. The van der Waals surface area contributed by atoms with Gasteiger partial charge in [-0.2, -0.15) is 0 Å². The number of para-hydroxylation sites is 1. The van der Waals surface area contributed by atoms with Crippen molar-refractivity contribution < 1.29 is 23.8 Å². The van der Waals surface area contributed by atoms with Crippen molar-refractivity contribution in [2.24, 2.45) is 5.92 Å². The Bertz CT molecular complexity index is 650. The van der Waals surface area contributed by atoms with Gasteiger partial charge < -0.3 is 19.6 Å². The molecular formula is C17H19NO5. The summed E-state index contributed by atoms with van der Waals surface area (Å²) >= 11 is 0. The molecule has 6 heteroatoms. The van der Waals surface area contributed by atoms with Gasteiger partial charge in [0.15, 0.2) is 0 Å². The maximum Gasteiger partial charge on any atom is 0.371 e. The number of carboxylic acid groups (broad SMARTS) is 1. The van der Waals surface area contributed by atoms with Crippen molar-refractivity contribution in [2.45, 2.75) is 19.9 Å². The average molecular weight is 317 g/mol. The van der Waals surface area contributed by atoms with Crippen LogP contribution in [-0.4, -0.2) is 23.6 Å². The van der Waals surface area contributed by atoms with Crippen molar-refractivity contribution in [3.05, 3.63) is 54.0 Å². The van der Waals surface area contributed by atoms with Crippen LogP contribution in [0.15, 0.2) is 46.9 Å². The number of aromatic carboxylic acids is 1. The van der Waals surface area contributed by atoms with E-state index < -0.39 is 5.97 Å². The van der Waals surface area contributed by atoms with Gasteiger partial charge in [-0.25, -0.2) is 4.79 Å². The molecule has 2 aromatic rings. The smallest absolute Gasteiger partial charge is 0.371 e. The van der Waals surface area contributed by atoms with Crippen LogP contribution in [0.1, 0.15) is 29.7 Å². The van der Waals surface area contributed by atoms with Gasteiger partial charge in [-0.05, 0) is 30.7 Å². The molecular weight excluding hydrogens is 298 g/mol. The third-order valence-electron chi connectivity index (χ3n) is 3.32. The molecule has 2 N–H and O–H groups in total. The predicted molar refractivity (Wildman–Crippen MR) is 83.2 cm³/mol. The molecule has 0 spiro atoms. The third kappa shape index (κ3) is 5.18. The number of hydrogen-bond acceptors (Lipinski definition) is 4. The van der Waals surface area contributed by atoms with Crippen LogP contribution in [0.2, 0.25) is 0 Å². The molecule has 1 atom stereocenters. The van der Waals surface area contributed by atoms with Crippen molar-refractivity contribution in [3.63, 3.8) is 0 Å². The molecule has 0 saturated heterocycles. The summed E-state index contributed by atoms with van der Waals surface area (Å²) < 4.78 is 10.6. The number of rotatable bonds is 8. The van der Waals surface area contributed by atoms with E-state index in [1.807, 2.05) is 37.3 Å². The number of ether oxygens (including phenoxy) is 1. The van der Waals surface area contributed by atoms with Crippen molar-refractivity contribution in [2.75, 3.05) is 6.61 Å². The molecule has 122 valence electrons. The molecule has 0 fully saturated rings. The minimum atomic E-state index is -1.13. The number of carboxylic acids is 1. The molecule has 1 aromatic carbocycles. The van der Waals surface area contributed by atoms with E-state index in [1.54, 1.807) is 0 Å². The summed E-state index contributed by atoms with van der Waals surface area (Å²) in [5, 5.41) is 11.5. The molecule has 0 bridgehead atoms. The second-order valence-electron chi connectivity index (χ2n) is 5.14. The molecule has 1 amide bonds. The van der Waals surface area contributed by atoms with Gasteiger partial charge >= 0.3 is 5.97 Å². The largest absolute Gasteiger partial charge is 0.494 e. The monoisotopic (exact) mass is 317 g/mol. The van der Waals surface area contributed by atoms with E-state index in [0.717, 1.165) is 5.75 Å². The van der Waals surface area contributed by atoms with Crippen LogP contribution in [0.5, 0.6) is 5.75 Å². The highest BCUT2D eigenvalue weighted by molar-refractivity contribution is 5.84. The second kappa shape index (κ2) is 8.03. The predicted octanol–water partition coefficient (Wildman–Crippen LogP) is 2.70. The zero-order chi connectivity index (χ0) is 16.7. The average Bonchev–Trinajstić information content (AvgIpc) is 3.02. The number of hydrogen-bond donors (Lipinski definition) is 2. The molecule has 1 heterocycles. The summed E-state index contributed by atoms with van der Waals surface area (Å²) in [7, 11) is 0. The van der Waals surface area contributed by atoms with Crippen molar-refractivity contribution >= 4 is 11.9 Å². The number of carbonyl (C=O) groups excluding carboxylic acids is 1. The maximum atomic E-state index is 12.0. The van der Waals surface area contributed by atoms with Crippen LogP contribution in [0.3, 0.4) is 0 Å². The van der Waals surface area contributed by atoms with E-state index in [4.69, 9.17) is 14.3 Å². The number of amides is 1. The van der Waals surface area contributed by atoms with Crippen molar-refractivity contribution in [1.29, 1.82) is 0 Å². The van der Waals surface area contributed by atoms with Crippen LogP contribution in [0, 0.1) is 5.92 Å². The normalized spacial score (nSPS) is 11.7. The fourth-order valence-electron chi connectivity index (χ4n) is 1.94. The SMILES string of the molecule is CC(CCOc1ccccc1)C(=O)NCc1ccc(C(=O)O)o1. The first-order chi connectivity index (χ1) is 11.1. The summed E-state index contributed by atoms with van der Waals surface area (Å²) in [5.74, 6) is -0.435. The lowest BCUT2D eigenvalue weighted by atomic mass is 10.1. The van der Waals surface area contributed by atoms with Gasteiger partial charge in [0.25, 0.3) is 0 Å². The summed E-state index contributed by atoms with van der Waals surface area (Å²) in [6.07, 6.45) is 0.583.